The van der Waals surface area contributed by atoms with Gasteiger partial charge in [0.05, 0.1) is 35.3 Å². The van der Waals surface area contributed by atoms with E-state index in [0.717, 1.165) is 42.2 Å². The standard InChI is InChI=1S/C23H26F3N3O3S.C20H23N3O5S.C9H9F3OS.C4H9O.K/c1-14-9-15(32-13-23(24,25)26)3-4-18(14)33-16-10-17(19(30)28-22(12-27)7-8-22)29(11-16)20(31)21(2)5-6-21;1-19(7-8-19)18(25)23-12-14(28-29(26,27)15-5-3-2-4-6-15)11-16(23)17(24)22-20(13-21)9-10-20;1-2-13-6-3-4-8(14)7(5-6)9(10,11)12;1-4(2,3)5;/h3-4,9,16-17H,5-8,10-11,13H2,1-2H3,(H,28,30);2-6,14,16H,7-12H2,1H3,(H,22,24);3-5,14H,2H2,1H3;1-3H3;/q;;;-1;+1/t16-,17+;14-,16-;;;/m10.../s1. The monoisotopic (exact) mass is 1230 g/mol. The number of hydrogen-bond acceptors (Lipinski definition) is 14. The Bertz CT molecular complexity index is 2990. The van der Waals surface area contributed by atoms with Gasteiger partial charge in [0, 0.05) is 45.4 Å². The van der Waals surface area contributed by atoms with Crippen LogP contribution in [-0.4, -0.2) is 114 Å². The molecule has 4 aliphatic carbocycles. The van der Waals surface area contributed by atoms with Crippen LogP contribution in [0.15, 0.2) is 81.4 Å². The Labute approximate surface area is 527 Å². The zero-order valence-electron chi connectivity index (χ0n) is 47.0. The number of nitrogens with zero attached hydrogens (tertiary/aromatic N) is 4. The minimum atomic E-state index is -4.40. The maximum absolute atomic E-state index is 13.1. The minimum absolute atomic E-state index is 0. The molecule has 26 heteroatoms. The van der Waals surface area contributed by atoms with E-state index < -0.39 is 86.2 Å². The molecule has 6 aliphatic rings. The molecule has 442 valence electrons. The predicted octanol–water partition coefficient (Wildman–Crippen LogP) is 5.85. The summed E-state index contributed by atoms with van der Waals surface area (Å²) in [7, 11) is -4.01. The maximum Gasteiger partial charge on any atom is 1.00 e. The molecule has 4 saturated carbocycles. The number of carbonyl (C=O) groups is 4. The second-order valence-corrected chi connectivity index (χ2v) is 26.1. The summed E-state index contributed by atoms with van der Waals surface area (Å²) in [5.74, 6) is -0.560. The molecule has 0 radical (unpaired) electrons. The normalized spacial score (nSPS) is 22.0. The first kappa shape index (κ1) is 68.7. The number of nitrogens with one attached hydrogen (secondary N) is 2. The number of carbonyl (C=O) groups excluding carboxylic acids is 4. The number of aryl methyl sites for hydroxylation is 1. The van der Waals surface area contributed by atoms with Crippen LogP contribution in [0.4, 0.5) is 26.3 Å². The summed E-state index contributed by atoms with van der Waals surface area (Å²) in [6, 6.07) is 19.0. The first-order chi connectivity index (χ1) is 37.6. The number of likely N-dealkylation sites (tertiary alicyclic amines) is 2. The van der Waals surface area contributed by atoms with Crippen molar-refractivity contribution < 1.29 is 124 Å². The van der Waals surface area contributed by atoms with Crippen LogP contribution in [0.5, 0.6) is 11.5 Å². The van der Waals surface area contributed by atoms with Crippen LogP contribution in [0.25, 0.3) is 0 Å². The molecule has 6 fully saturated rings. The smallest absolute Gasteiger partial charge is 0.850 e. The van der Waals surface area contributed by atoms with E-state index in [2.05, 4.69) is 35.4 Å². The number of benzene rings is 3. The zero-order chi connectivity index (χ0) is 60.1. The molecule has 0 aromatic heterocycles. The SMILES string of the molecule is CC(C)(C)[O-].CC1(C(=O)N2C[C@@H](OS(=O)(=O)c3ccccc3)C[C@H]2C(=O)NC2(C#N)CC2)CC1.CCOc1ccc(S)c(C(F)(F)F)c1.Cc1cc(OCC(F)(F)F)ccc1S[C@@H]1C[C@@H](C(=O)NC2(C#N)CC2)N(C(=O)C2(C)CC2)C1.[K+]. The molecule has 9 rings (SSSR count). The van der Waals surface area contributed by atoms with Crippen LogP contribution in [-0.2, 0) is 39.7 Å². The zero-order valence-corrected chi connectivity index (χ0v) is 52.6. The van der Waals surface area contributed by atoms with E-state index in [-0.39, 0.29) is 109 Å². The molecule has 2 heterocycles. The quantitative estimate of drug-likeness (QED) is 0.0703. The number of halogens is 6. The van der Waals surface area contributed by atoms with Crippen molar-refractivity contribution in [3.05, 3.63) is 77.9 Å². The summed E-state index contributed by atoms with van der Waals surface area (Å²) in [4.78, 5) is 55.8. The topological polar surface area (TPSA) is 231 Å². The first-order valence-electron chi connectivity index (χ1n) is 26.3. The van der Waals surface area contributed by atoms with Crippen molar-refractivity contribution in [1.29, 1.82) is 10.5 Å². The first-order valence-corrected chi connectivity index (χ1v) is 29.1. The van der Waals surface area contributed by atoms with Crippen LogP contribution in [0.3, 0.4) is 0 Å². The molecular weight excluding hydrogens is 1170 g/mol. The van der Waals surface area contributed by atoms with Gasteiger partial charge in [-0.25, -0.2) is 0 Å². The van der Waals surface area contributed by atoms with Gasteiger partial charge < -0.3 is 35.0 Å². The fourth-order valence-corrected chi connectivity index (χ4v) is 11.2. The van der Waals surface area contributed by atoms with Crippen LogP contribution < -0.4 is 76.6 Å². The van der Waals surface area contributed by atoms with Crippen molar-refractivity contribution in [2.45, 2.75) is 180 Å². The Morgan fingerprint density at radius 3 is 1.67 bits per heavy atom. The second-order valence-electron chi connectivity index (χ2n) is 22.7. The molecule has 2 saturated heterocycles. The number of thiol groups is 1. The van der Waals surface area contributed by atoms with Crippen molar-refractivity contribution in [3.8, 4) is 23.6 Å². The van der Waals surface area contributed by atoms with Gasteiger partial charge in [0.15, 0.2) is 6.61 Å². The van der Waals surface area contributed by atoms with Gasteiger partial charge in [-0.1, -0.05) is 52.8 Å². The number of ether oxygens (including phenoxy) is 2. The van der Waals surface area contributed by atoms with Gasteiger partial charge in [-0.3, -0.25) is 23.4 Å². The predicted molar refractivity (Wildman–Crippen MR) is 287 cm³/mol. The van der Waals surface area contributed by atoms with Crippen LogP contribution in [0.2, 0.25) is 0 Å². The number of rotatable bonds is 15. The number of amides is 4. The van der Waals surface area contributed by atoms with Gasteiger partial charge in [0.25, 0.3) is 10.1 Å². The molecule has 0 spiro atoms. The number of hydrogen-bond donors (Lipinski definition) is 3. The Morgan fingerprint density at radius 1 is 0.756 bits per heavy atom. The van der Waals surface area contributed by atoms with Gasteiger partial charge in [-0.05, 0) is 126 Å². The van der Waals surface area contributed by atoms with Gasteiger partial charge in [-0.15, -0.1) is 30.0 Å². The van der Waals surface area contributed by atoms with Crippen molar-refractivity contribution in [1.82, 2.24) is 20.4 Å². The Morgan fingerprint density at radius 2 is 1.23 bits per heavy atom. The summed E-state index contributed by atoms with van der Waals surface area (Å²) < 4.78 is 115. The van der Waals surface area contributed by atoms with E-state index in [0.29, 0.717) is 45.3 Å². The third kappa shape index (κ3) is 19.5. The Kier molecular flexibility index (Phi) is 22.7. The molecule has 4 atom stereocenters. The molecule has 82 heavy (non-hydrogen) atoms. The van der Waals surface area contributed by atoms with Gasteiger partial charge in [0.1, 0.15) is 34.7 Å². The summed E-state index contributed by atoms with van der Waals surface area (Å²) in [5, 5.41) is 34.2. The largest absolute Gasteiger partial charge is 1.00 e. The summed E-state index contributed by atoms with van der Waals surface area (Å²) >= 11 is 5.24. The van der Waals surface area contributed by atoms with Crippen molar-refractivity contribution in [2.24, 2.45) is 10.8 Å². The molecular formula is C56H67F6KN6O10S3. The number of nitriles is 2. The third-order valence-corrected chi connectivity index (χ3v) is 17.2. The molecule has 0 bridgehead atoms. The van der Waals surface area contributed by atoms with E-state index in [1.807, 2.05) is 13.8 Å². The average molecular weight is 1230 g/mol. The fourth-order valence-electron chi connectivity index (χ4n) is 8.62. The van der Waals surface area contributed by atoms with Crippen molar-refractivity contribution in [3.63, 3.8) is 0 Å². The molecule has 16 nitrogen and oxygen atoms in total. The van der Waals surface area contributed by atoms with Crippen LogP contribution >= 0.6 is 24.4 Å². The van der Waals surface area contributed by atoms with E-state index in [9.17, 15) is 69.6 Å². The third-order valence-electron chi connectivity index (χ3n) is 14.1. The average Bonchev–Trinajstić information content (AvgIpc) is 4.47. The molecule has 4 amide bonds. The maximum atomic E-state index is 13.1. The Hall–Kier alpha value is -4.09. The summed E-state index contributed by atoms with van der Waals surface area (Å²) in [6.07, 6.45) is -3.60. The second kappa shape index (κ2) is 27.1. The van der Waals surface area contributed by atoms with Crippen molar-refractivity contribution in [2.75, 3.05) is 26.3 Å². The molecule has 2 aliphatic heterocycles. The van der Waals surface area contributed by atoms with Gasteiger partial charge >= 0.3 is 63.7 Å². The molecule has 3 aromatic carbocycles. The van der Waals surface area contributed by atoms with E-state index in [1.54, 1.807) is 69.9 Å². The van der Waals surface area contributed by atoms with Crippen LogP contribution in [0.1, 0.15) is 117 Å². The van der Waals surface area contributed by atoms with E-state index >= 15 is 0 Å². The van der Waals surface area contributed by atoms with Crippen molar-refractivity contribution >= 4 is 58.1 Å². The van der Waals surface area contributed by atoms with E-state index in [4.69, 9.17) is 13.7 Å². The van der Waals surface area contributed by atoms with E-state index in [1.165, 1.54) is 47.0 Å². The fraction of sp³-hybridized carbons (Fsp3) is 0.571. The van der Waals surface area contributed by atoms with Crippen LogP contribution in [0, 0.1) is 40.4 Å². The summed E-state index contributed by atoms with van der Waals surface area (Å²) in [5.41, 5.74) is -3.34. The number of thioether (sulfide) groups is 1. The molecule has 0 unspecified atom stereocenters. The minimum Gasteiger partial charge on any atom is -0.850 e. The summed E-state index contributed by atoms with van der Waals surface area (Å²) in [6.45, 7) is 11.6. The van der Waals surface area contributed by atoms with Gasteiger partial charge in [-0.2, -0.15) is 45.3 Å². The van der Waals surface area contributed by atoms with Gasteiger partial charge in [0.2, 0.25) is 23.6 Å². The Balaban J connectivity index is 0.000000229. The molecule has 3 aromatic rings. The molecule has 2 N–H and O–H groups in total. The number of alkyl halides is 6.